The van der Waals surface area contributed by atoms with E-state index in [-0.39, 0.29) is 29.8 Å². The standard InChI is InChI=1S/C23H27N3O4S/c27-23(24-17-21(22-8-5-15-30-22)26-13-3-4-14-26)11-12-25-31(28,29)20-10-9-18-6-1-2-7-19(18)16-20/h1-2,5-10,15-16,21,25H,3-4,11-14,17H2,(H,24,27). The van der Waals surface area contributed by atoms with Crippen molar-refractivity contribution in [2.75, 3.05) is 26.2 Å². The van der Waals surface area contributed by atoms with Gasteiger partial charge < -0.3 is 9.73 Å². The molecule has 31 heavy (non-hydrogen) atoms. The number of benzene rings is 2. The topological polar surface area (TPSA) is 91.6 Å². The molecule has 2 aromatic carbocycles. The van der Waals surface area contributed by atoms with E-state index in [1.54, 1.807) is 24.5 Å². The van der Waals surface area contributed by atoms with Gasteiger partial charge in [0.05, 0.1) is 17.2 Å². The van der Waals surface area contributed by atoms with Crippen LogP contribution in [0.5, 0.6) is 0 Å². The third-order valence-corrected chi connectivity index (χ3v) is 7.08. The number of nitrogens with zero attached hydrogens (tertiary/aromatic N) is 1. The molecular weight excluding hydrogens is 414 g/mol. The van der Waals surface area contributed by atoms with Crippen LogP contribution in [0.15, 0.2) is 70.2 Å². The van der Waals surface area contributed by atoms with Crippen LogP contribution in [0.25, 0.3) is 10.8 Å². The van der Waals surface area contributed by atoms with Gasteiger partial charge in [-0.3, -0.25) is 9.69 Å². The van der Waals surface area contributed by atoms with E-state index in [4.69, 9.17) is 4.42 Å². The number of hydrogen-bond acceptors (Lipinski definition) is 5. The van der Waals surface area contributed by atoms with Crippen LogP contribution in [0.1, 0.15) is 31.1 Å². The Morgan fingerprint density at radius 2 is 1.81 bits per heavy atom. The van der Waals surface area contributed by atoms with Gasteiger partial charge in [0, 0.05) is 19.5 Å². The van der Waals surface area contributed by atoms with E-state index < -0.39 is 10.0 Å². The maximum Gasteiger partial charge on any atom is 0.240 e. The second kappa shape index (κ2) is 9.64. The monoisotopic (exact) mass is 441 g/mol. The molecule has 0 saturated carbocycles. The van der Waals surface area contributed by atoms with Gasteiger partial charge in [-0.2, -0.15) is 0 Å². The lowest BCUT2D eigenvalue weighted by Gasteiger charge is -2.26. The van der Waals surface area contributed by atoms with E-state index in [0.717, 1.165) is 42.5 Å². The molecule has 1 unspecified atom stereocenters. The Labute approximate surface area is 182 Å². The highest BCUT2D eigenvalue weighted by atomic mass is 32.2. The van der Waals surface area contributed by atoms with E-state index >= 15 is 0 Å². The Morgan fingerprint density at radius 1 is 1.03 bits per heavy atom. The van der Waals surface area contributed by atoms with Crippen LogP contribution in [-0.4, -0.2) is 45.4 Å². The summed E-state index contributed by atoms with van der Waals surface area (Å²) < 4.78 is 33.3. The van der Waals surface area contributed by atoms with Gasteiger partial charge in [0.2, 0.25) is 15.9 Å². The van der Waals surface area contributed by atoms with Gasteiger partial charge >= 0.3 is 0 Å². The first-order chi connectivity index (χ1) is 15.0. The summed E-state index contributed by atoms with van der Waals surface area (Å²) in [5.41, 5.74) is 0. The van der Waals surface area contributed by atoms with E-state index in [1.165, 1.54) is 0 Å². The summed E-state index contributed by atoms with van der Waals surface area (Å²) in [5, 5.41) is 4.76. The van der Waals surface area contributed by atoms with Crippen molar-refractivity contribution < 1.29 is 17.6 Å². The smallest absolute Gasteiger partial charge is 0.240 e. The lowest BCUT2D eigenvalue weighted by molar-refractivity contribution is -0.121. The quantitative estimate of drug-likeness (QED) is 0.533. The number of carbonyl (C=O) groups is 1. The number of hydrogen-bond donors (Lipinski definition) is 2. The van der Waals surface area contributed by atoms with Gasteiger partial charge in [-0.25, -0.2) is 13.1 Å². The van der Waals surface area contributed by atoms with Gasteiger partial charge in [0.25, 0.3) is 0 Å². The molecule has 2 N–H and O–H groups in total. The van der Waals surface area contributed by atoms with Crippen molar-refractivity contribution in [2.45, 2.75) is 30.2 Å². The van der Waals surface area contributed by atoms with E-state index in [9.17, 15) is 13.2 Å². The SMILES string of the molecule is O=C(CCNS(=O)(=O)c1ccc2ccccc2c1)NCC(c1ccco1)N1CCCC1. The molecule has 1 aliphatic rings. The van der Waals surface area contributed by atoms with Crippen LogP contribution in [0.4, 0.5) is 0 Å². The summed E-state index contributed by atoms with van der Waals surface area (Å²) in [7, 11) is -3.68. The van der Waals surface area contributed by atoms with Crippen LogP contribution in [0.3, 0.4) is 0 Å². The number of sulfonamides is 1. The van der Waals surface area contributed by atoms with E-state index in [0.29, 0.717) is 6.54 Å². The fourth-order valence-electron chi connectivity index (χ4n) is 3.96. The van der Waals surface area contributed by atoms with Gasteiger partial charge in [-0.15, -0.1) is 0 Å². The molecule has 1 aromatic heterocycles. The normalized spacial score (nSPS) is 15.9. The average molecular weight is 442 g/mol. The Bertz CT molecular complexity index is 1120. The Morgan fingerprint density at radius 3 is 2.55 bits per heavy atom. The van der Waals surface area contributed by atoms with Crippen molar-refractivity contribution in [3.63, 3.8) is 0 Å². The molecule has 1 aliphatic heterocycles. The molecule has 1 atom stereocenters. The molecule has 8 heteroatoms. The minimum absolute atomic E-state index is 0.00394. The minimum atomic E-state index is -3.68. The number of amides is 1. The van der Waals surface area contributed by atoms with Crippen molar-refractivity contribution in [1.29, 1.82) is 0 Å². The zero-order valence-corrected chi connectivity index (χ0v) is 18.1. The molecular formula is C23H27N3O4S. The van der Waals surface area contributed by atoms with Crippen molar-refractivity contribution in [3.05, 3.63) is 66.6 Å². The number of fused-ring (bicyclic) bond motifs is 1. The van der Waals surface area contributed by atoms with Crippen molar-refractivity contribution in [1.82, 2.24) is 14.9 Å². The average Bonchev–Trinajstić information content (AvgIpc) is 3.48. The predicted octanol–water partition coefficient (Wildman–Crippen LogP) is 3.05. The van der Waals surface area contributed by atoms with Crippen molar-refractivity contribution >= 4 is 26.7 Å². The second-order valence-electron chi connectivity index (χ2n) is 7.74. The second-order valence-corrected chi connectivity index (χ2v) is 9.50. The van der Waals surface area contributed by atoms with Crippen LogP contribution < -0.4 is 10.0 Å². The molecule has 1 fully saturated rings. The van der Waals surface area contributed by atoms with E-state index in [1.807, 2.05) is 36.4 Å². The molecule has 164 valence electrons. The van der Waals surface area contributed by atoms with E-state index in [2.05, 4.69) is 14.9 Å². The molecule has 1 saturated heterocycles. The number of furan rings is 1. The zero-order chi connectivity index (χ0) is 21.7. The van der Waals surface area contributed by atoms with Crippen molar-refractivity contribution in [2.24, 2.45) is 0 Å². The highest BCUT2D eigenvalue weighted by Gasteiger charge is 2.26. The fraction of sp³-hybridized carbons (Fsp3) is 0.348. The molecule has 2 heterocycles. The Hall–Kier alpha value is -2.68. The van der Waals surface area contributed by atoms with Crippen LogP contribution in [0.2, 0.25) is 0 Å². The van der Waals surface area contributed by atoms with Gasteiger partial charge in [0.15, 0.2) is 0 Å². The first kappa shape index (κ1) is 21.5. The first-order valence-corrected chi connectivity index (χ1v) is 12.0. The summed E-state index contributed by atoms with van der Waals surface area (Å²) >= 11 is 0. The summed E-state index contributed by atoms with van der Waals surface area (Å²) in [6.07, 6.45) is 3.99. The Kier molecular flexibility index (Phi) is 6.70. The number of likely N-dealkylation sites (tertiary alicyclic amines) is 1. The predicted molar refractivity (Wildman–Crippen MR) is 119 cm³/mol. The summed E-state index contributed by atoms with van der Waals surface area (Å²) in [4.78, 5) is 14.8. The summed E-state index contributed by atoms with van der Waals surface area (Å²) in [5.74, 6) is 0.635. The van der Waals surface area contributed by atoms with Crippen molar-refractivity contribution in [3.8, 4) is 0 Å². The minimum Gasteiger partial charge on any atom is -0.468 e. The van der Waals surface area contributed by atoms with Gasteiger partial charge in [-0.05, 0) is 61.0 Å². The number of carbonyl (C=O) groups excluding carboxylic acids is 1. The van der Waals surface area contributed by atoms with Gasteiger partial charge in [0.1, 0.15) is 5.76 Å². The number of rotatable bonds is 9. The Balaban J connectivity index is 1.29. The molecule has 3 aromatic rings. The highest BCUT2D eigenvalue weighted by molar-refractivity contribution is 7.89. The molecule has 7 nitrogen and oxygen atoms in total. The maximum absolute atomic E-state index is 12.6. The molecule has 0 aliphatic carbocycles. The molecule has 0 spiro atoms. The molecule has 0 bridgehead atoms. The third kappa shape index (κ3) is 5.33. The molecule has 1 amide bonds. The fourth-order valence-corrected chi connectivity index (χ4v) is 5.03. The summed E-state index contributed by atoms with van der Waals surface area (Å²) in [6.45, 7) is 2.43. The first-order valence-electron chi connectivity index (χ1n) is 10.6. The molecule has 4 rings (SSSR count). The number of nitrogens with one attached hydrogen (secondary N) is 2. The molecule has 0 radical (unpaired) electrons. The zero-order valence-electron chi connectivity index (χ0n) is 17.3. The van der Waals surface area contributed by atoms with Crippen LogP contribution in [-0.2, 0) is 14.8 Å². The maximum atomic E-state index is 12.6. The lowest BCUT2D eigenvalue weighted by atomic mass is 10.1. The third-order valence-electron chi connectivity index (χ3n) is 5.62. The summed E-state index contributed by atoms with van der Waals surface area (Å²) in [6, 6.07) is 16.4. The largest absolute Gasteiger partial charge is 0.468 e. The lowest BCUT2D eigenvalue weighted by Crippen LogP contribution is -2.37. The van der Waals surface area contributed by atoms with Gasteiger partial charge in [-0.1, -0.05) is 30.3 Å². The van der Waals surface area contributed by atoms with Crippen LogP contribution in [0, 0.1) is 0 Å². The highest BCUT2D eigenvalue weighted by Crippen LogP contribution is 2.25. The van der Waals surface area contributed by atoms with Crippen LogP contribution >= 0.6 is 0 Å².